The maximum Gasteiger partial charge on any atom is 0.490 e. The van der Waals surface area contributed by atoms with Crippen LogP contribution in [0.5, 0.6) is 0 Å². The molecule has 0 aromatic carbocycles. The molecule has 0 saturated carbocycles. The number of morpholine rings is 1. The largest absolute Gasteiger partial charge is 0.490 e. The van der Waals surface area contributed by atoms with E-state index < -0.39 is 12.1 Å². The Hall–Kier alpha value is -1.34. The molecule has 0 amide bonds. The molecule has 0 bridgehead atoms. The number of halogens is 3. The summed E-state index contributed by atoms with van der Waals surface area (Å²) in [6, 6.07) is 0. The first-order valence-electron chi connectivity index (χ1n) is 4.67. The van der Waals surface area contributed by atoms with Gasteiger partial charge < -0.3 is 15.2 Å². The minimum atomic E-state index is -5.08. The summed E-state index contributed by atoms with van der Waals surface area (Å²) in [6.45, 7) is 9.73. The van der Waals surface area contributed by atoms with Gasteiger partial charge >= 0.3 is 12.1 Å². The molecule has 0 radical (unpaired) electrons. The van der Waals surface area contributed by atoms with Crippen LogP contribution in [0.15, 0.2) is 25.3 Å². The number of alkyl halides is 3. The molecule has 0 aromatic heterocycles. The van der Waals surface area contributed by atoms with Crippen molar-refractivity contribution in [2.24, 2.45) is 0 Å². The average molecular weight is 253 g/mol. The number of rotatable bonds is 2. The van der Waals surface area contributed by atoms with Gasteiger partial charge in [-0.05, 0) is 0 Å². The van der Waals surface area contributed by atoms with Crippen LogP contribution in [0, 0.1) is 0 Å². The third-order valence-corrected chi connectivity index (χ3v) is 2.01. The highest BCUT2D eigenvalue weighted by Gasteiger charge is 2.38. The summed E-state index contributed by atoms with van der Waals surface area (Å²) in [7, 11) is 0. The zero-order chi connectivity index (χ0) is 13.5. The molecule has 0 atom stereocenters. The van der Waals surface area contributed by atoms with Gasteiger partial charge in [-0.25, -0.2) is 4.79 Å². The van der Waals surface area contributed by atoms with Gasteiger partial charge in [-0.15, -0.1) is 13.2 Å². The van der Waals surface area contributed by atoms with Crippen molar-refractivity contribution in [1.29, 1.82) is 0 Å². The van der Waals surface area contributed by atoms with E-state index >= 15 is 0 Å². The van der Waals surface area contributed by atoms with E-state index in [1.54, 1.807) is 0 Å². The Balaban J connectivity index is 0.000000325. The van der Waals surface area contributed by atoms with Crippen LogP contribution in [-0.4, -0.2) is 42.5 Å². The van der Waals surface area contributed by atoms with Crippen molar-refractivity contribution in [2.45, 2.75) is 11.7 Å². The van der Waals surface area contributed by atoms with E-state index in [0.717, 1.165) is 13.2 Å². The van der Waals surface area contributed by atoms with Crippen LogP contribution in [-0.2, 0) is 9.53 Å². The molecule has 17 heavy (non-hydrogen) atoms. The monoisotopic (exact) mass is 253 g/mol. The summed E-state index contributed by atoms with van der Waals surface area (Å²) in [5.41, 5.74) is -0.182. The van der Waals surface area contributed by atoms with Crippen LogP contribution in [0.1, 0.15) is 0 Å². The van der Waals surface area contributed by atoms with E-state index in [1.165, 1.54) is 0 Å². The van der Waals surface area contributed by atoms with Crippen molar-refractivity contribution in [1.82, 2.24) is 5.32 Å². The van der Waals surface area contributed by atoms with Gasteiger partial charge in [-0.2, -0.15) is 13.2 Å². The van der Waals surface area contributed by atoms with Gasteiger partial charge in [0, 0.05) is 6.54 Å². The quantitative estimate of drug-likeness (QED) is 0.729. The molecule has 1 aliphatic rings. The highest BCUT2D eigenvalue weighted by Crippen LogP contribution is 2.13. The lowest BCUT2D eigenvalue weighted by molar-refractivity contribution is -0.192. The highest BCUT2D eigenvalue weighted by atomic mass is 19.4. The molecule has 7 heteroatoms. The second-order valence-electron chi connectivity index (χ2n) is 3.23. The standard InChI is InChI=1S/C8H13NO.C2HF3O2/c1-3-8(4-2)7-10-6-5-9-8;3-2(4,5)1(6)7/h3-4,9H,1-2,5-7H2;(H,6,7). The number of carbonyl (C=O) groups is 1. The van der Waals surface area contributed by atoms with Crippen molar-refractivity contribution in [2.75, 3.05) is 19.8 Å². The lowest BCUT2D eigenvalue weighted by atomic mass is 10.0. The van der Waals surface area contributed by atoms with Crippen LogP contribution >= 0.6 is 0 Å². The van der Waals surface area contributed by atoms with Gasteiger partial charge in [0.1, 0.15) is 0 Å². The first kappa shape index (κ1) is 15.7. The minimum absolute atomic E-state index is 0.182. The van der Waals surface area contributed by atoms with E-state index in [0.29, 0.717) is 6.61 Å². The van der Waals surface area contributed by atoms with E-state index in [9.17, 15) is 13.2 Å². The smallest absolute Gasteiger partial charge is 0.475 e. The summed E-state index contributed by atoms with van der Waals surface area (Å²) >= 11 is 0. The predicted octanol–water partition coefficient (Wildman–Crippen LogP) is 1.35. The number of carboxylic acid groups (broad SMARTS) is 1. The summed E-state index contributed by atoms with van der Waals surface area (Å²) in [4.78, 5) is 8.90. The second kappa shape index (κ2) is 6.41. The van der Waals surface area contributed by atoms with Gasteiger partial charge in [-0.3, -0.25) is 0 Å². The van der Waals surface area contributed by atoms with E-state index in [1.807, 2.05) is 12.2 Å². The molecule has 1 aliphatic heterocycles. The van der Waals surface area contributed by atoms with E-state index in [4.69, 9.17) is 14.6 Å². The van der Waals surface area contributed by atoms with E-state index in [2.05, 4.69) is 18.5 Å². The molecule has 0 aromatic rings. The lowest BCUT2D eigenvalue weighted by Gasteiger charge is -2.32. The Labute approximate surface area is 96.8 Å². The van der Waals surface area contributed by atoms with Gasteiger partial charge in [-0.1, -0.05) is 12.2 Å². The lowest BCUT2D eigenvalue weighted by Crippen LogP contribution is -2.51. The number of ether oxygens (including phenoxy) is 1. The third-order valence-electron chi connectivity index (χ3n) is 2.01. The minimum Gasteiger partial charge on any atom is -0.475 e. The number of hydrogen-bond acceptors (Lipinski definition) is 3. The van der Waals surface area contributed by atoms with Crippen molar-refractivity contribution in [3.63, 3.8) is 0 Å². The molecule has 1 rings (SSSR count). The Bertz CT molecular complexity index is 273. The summed E-state index contributed by atoms with van der Waals surface area (Å²) in [6.07, 6.45) is -1.42. The number of hydrogen-bond donors (Lipinski definition) is 2. The van der Waals surface area contributed by atoms with Crippen molar-refractivity contribution < 1.29 is 27.8 Å². The van der Waals surface area contributed by atoms with Gasteiger partial charge in [0.05, 0.1) is 18.8 Å². The topological polar surface area (TPSA) is 58.6 Å². The Kier molecular flexibility index (Phi) is 5.90. The van der Waals surface area contributed by atoms with Crippen LogP contribution in [0.25, 0.3) is 0 Å². The fourth-order valence-electron chi connectivity index (χ4n) is 0.994. The van der Waals surface area contributed by atoms with Crippen molar-refractivity contribution in [3.8, 4) is 0 Å². The molecule has 0 unspecified atom stereocenters. The molecule has 1 heterocycles. The van der Waals surface area contributed by atoms with Crippen LogP contribution in [0.2, 0.25) is 0 Å². The molecule has 1 saturated heterocycles. The Morgan fingerprint density at radius 2 is 1.88 bits per heavy atom. The number of nitrogens with one attached hydrogen (secondary N) is 1. The summed E-state index contributed by atoms with van der Waals surface area (Å²) in [5.74, 6) is -2.76. The van der Waals surface area contributed by atoms with Gasteiger partial charge in [0.2, 0.25) is 0 Å². The highest BCUT2D eigenvalue weighted by molar-refractivity contribution is 5.73. The second-order valence-corrected chi connectivity index (χ2v) is 3.23. The first-order valence-corrected chi connectivity index (χ1v) is 4.67. The van der Waals surface area contributed by atoms with Crippen LogP contribution in [0.3, 0.4) is 0 Å². The molecule has 2 N–H and O–H groups in total. The summed E-state index contributed by atoms with van der Waals surface area (Å²) in [5, 5.41) is 10.4. The Morgan fingerprint density at radius 3 is 2.06 bits per heavy atom. The third kappa shape index (κ3) is 5.50. The molecular weight excluding hydrogens is 239 g/mol. The summed E-state index contributed by atoms with van der Waals surface area (Å²) < 4.78 is 37.0. The molecule has 1 fully saturated rings. The SMILES string of the molecule is C=CC1(C=C)COCCN1.O=C(O)C(F)(F)F. The maximum atomic E-state index is 10.6. The van der Waals surface area contributed by atoms with Crippen molar-refractivity contribution >= 4 is 5.97 Å². The number of carboxylic acids is 1. The fraction of sp³-hybridized carbons (Fsp3) is 0.500. The molecular formula is C10H14F3NO3. The molecule has 0 aliphatic carbocycles. The van der Waals surface area contributed by atoms with Crippen molar-refractivity contribution in [3.05, 3.63) is 25.3 Å². The zero-order valence-electron chi connectivity index (χ0n) is 9.09. The Morgan fingerprint density at radius 1 is 1.41 bits per heavy atom. The number of aliphatic carboxylic acids is 1. The fourth-order valence-corrected chi connectivity index (χ4v) is 0.994. The normalized spacial score (nSPS) is 18.5. The van der Waals surface area contributed by atoms with Crippen LogP contribution in [0.4, 0.5) is 13.2 Å². The zero-order valence-corrected chi connectivity index (χ0v) is 9.09. The molecule has 98 valence electrons. The first-order chi connectivity index (χ1) is 7.77. The predicted molar refractivity (Wildman–Crippen MR) is 55.6 cm³/mol. The van der Waals surface area contributed by atoms with Gasteiger partial charge in [0.25, 0.3) is 0 Å². The van der Waals surface area contributed by atoms with Crippen LogP contribution < -0.4 is 5.32 Å². The van der Waals surface area contributed by atoms with E-state index in [-0.39, 0.29) is 5.54 Å². The average Bonchev–Trinajstić information content (AvgIpc) is 2.29. The molecule has 0 spiro atoms. The maximum absolute atomic E-state index is 10.6. The van der Waals surface area contributed by atoms with Gasteiger partial charge in [0.15, 0.2) is 0 Å². The molecule has 4 nitrogen and oxygen atoms in total.